The molecule has 2 aliphatic carbocycles. The van der Waals surface area contributed by atoms with Gasteiger partial charge in [0.05, 0.1) is 0 Å². The Labute approximate surface area is 157 Å². The van der Waals surface area contributed by atoms with E-state index in [1.165, 1.54) is 38.5 Å². The van der Waals surface area contributed by atoms with Crippen molar-refractivity contribution in [2.45, 2.75) is 65.2 Å². The van der Waals surface area contributed by atoms with Crippen LogP contribution in [0.5, 0.6) is 0 Å². The Morgan fingerprint density at radius 1 is 0.808 bits per heavy atom. The minimum absolute atomic E-state index is 0.139. The number of benzene rings is 1. The Hall–Kier alpha value is -1.84. The summed E-state index contributed by atoms with van der Waals surface area (Å²) in [6.45, 7) is 4.37. The minimum atomic E-state index is 0.139. The first-order chi connectivity index (χ1) is 12.6. The molecule has 0 radical (unpaired) electrons. The van der Waals surface area contributed by atoms with Gasteiger partial charge < -0.3 is 10.6 Å². The van der Waals surface area contributed by atoms with Crippen LogP contribution >= 0.6 is 0 Å². The van der Waals surface area contributed by atoms with E-state index in [9.17, 15) is 9.59 Å². The van der Waals surface area contributed by atoms with E-state index in [0.717, 1.165) is 24.2 Å². The molecule has 2 amide bonds. The molecule has 0 heterocycles. The zero-order valence-corrected chi connectivity index (χ0v) is 16.1. The van der Waals surface area contributed by atoms with Crippen LogP contribution in [0.15, 0.2) is 24.3 Å². The van der Waals surface area contributed by atoms with Crippen molar-refractivity contribution in [3.8, 4) is 0 Å². The minimum Gasteiger partial charge on any atom is -0.326 e. The average Bonchev–Trinajstić information content (AvgIpc) is 3.54. The lowest BCUT2D eigenvalue weighted by atomic mass is 10.1. The number of hydrogen-bond donors (Lipinski definition) is 2. The summed E-state index contributed by atoms with van der Waals surface area (Å²) in [6, 6.07) is 7.49. The maximum atomic E-state index is 12.3. The quantitative estimate of drug-likeness (QED) is 0.604. The monoisotopic (exact) mass is 356 g/mol. The third kappa shape index (κ3) is 5.09. The highest BCUT2D eigenvalue weighted by molar-refractivity contribution is 5.96. The van der Waals surface area contributed by atoms with Crippen molar-refractivity contribution in [2.24, 2.45) is 23.7 Å². The molecular weight excluding hydrogens is 324 g/mol. The van der Waals surface area contributed by atoms with Crippen LogP contribution in [0, 0.1) is 23.7 Å². The molecule has 2 saturated carbocycles. The molecule has 4 atom stereocenters. The summed E-state index contributed by atoms with van der Waals surface area (Å²) in [5, 5.41) is 6.01. The van der Waals surface area contributed by atoms with Crippen molar-refractivity contribution in [1.82, 2.24) is 0 Å². The standard InChI is InChI=1S/C22H32N2O2/c1-3-5-7-15-13-19(15)21(25)23-17-9-11-18(12-10-17)24-22(26)20-14-16(20)8-6-4-2/h9-12,15-16,19-20H,3-8,13-14H2,1-2H3,(H,23,25)(H,24,26)/t15-,16-,19-,20+/m1/s1. The van der Waals surface area contributed by atoms with Crippen LogP contribution in [-0.4, -0.2) is 11.8 Å². The maximum Gasteiger partial charge on any atom is 0.227 e. The second-order valence-electron chi connectivity index (χ2n) is 8.04. The molecule has 142 valence electrons. The van der Waals surface area contributed by atoms with Gasteiger partial charge in [0, 0.05) is 23.2 Å². The predicted molar refractivity (Wildman–Crippen MR) is 106 cm³/mol. The highest BCUT2D eigenvalue weighted by atomic mass is 16.2. The summed E-state index contributed by atoms with van der Waals surface area (Å²) < 4.78 is 0. The van der Waals surface area contributed by atoms with E-state index in [1.54, 1.807) is 0 Å². The lowest BCUT2D eigenvalue weighted by Crippen LogP contribution is -2.16. The van der Waals surface area contributed by atoms with Crippen molar-refractivity contribution >= 4 is 23.2 Å². The van der Waals surface area contributed by atoms with Crippen LogP contribution in [0.2, 0.25) is 0 Å². The Balaban J connectivity index is 1.41. The Kier molecular flexibility index (Phi) is 6.33. The molecule has 1 aromatic carbocycles. The number of nitrogens with one attached hydrogen (secondary N) is 2. The van der Waals surface area contributed by atoms with Gasteiger partial charge in [0.15, 0.2) is 0 Å². The van der Waals surface area contributed by atoms with Gasteiger partial charge in [0.2, 0.25) is 11.8 Å². The highest BCUT2D eigenvalue weighted by Gasteiger charge is 2.42. The Morgan fingerprint density at radius 2 is 1.19 bits per heavy atom. The number of rotatable bonds is 10. The number of anilines is 2. The van der Waals surface area contributed by atoms with Crippen LogP contribution in [0.25, 0.3) is 0 Å². The molecule has 0 saturated heterocycles. The summed E-state index contributed by atoms with van der Waals surface area (Å²) >= 11 is 0. The number of hydrogen-bond acceptors (Lipinski definition) is 2. The van der Waals surface area contributed by atoms with E-state index >= 15 is 0 Å². The van der Waals surface area contributed by atoms with Crippen molar-refractivity contribution in [3.05, 3.63) is 24.3 Å². The van der Waals surface area contributed by atoms with Crippen LogP contribution in [0.3, 0.4) is 0 Å². The van der Waals surface area contributed by atoms with E-state index in [4.69, 9.17) is 0 Å². The van der Waals surface area contributed by atoms with Crippen molar-refractivity contribution in [3.63, 3.8) is 0 Å². The number of unbranched alkanes of at least 4 members (excludes halogenated alkanes) is 2. The van der Waals surface area contributed by atoms with Crippen LogP contribution in [0.4, 0.5) is 11.4 Å². The smallest absolute Gasteiger partial charge is 0.227 e. The van der Waals surface area contributed by atoms with Gasteiger partial charge in [-0.3, -0.25) is 9.59 Å². The molecule has 3 rings (SSSR count). The molecule has 4 heteroatoms. The van der Waals surface area contributed by atoms with Gasteiger partial charge in [-0.25, -0.2) is 0 Å². The maximum absolute atomic E-state index is 12.3. The van der Waals surface area contributed by atoms with Gasteiger partial charge in [-0.1, -0.05) is 39.5 Å². The van der Waals surface area contributed by atoms with Gasteiger partial charge in [0.1, 0.15) is 0 Å². The second kappa shape index (κ2) is 8.70. The summed E-state index contributed by atoms with van der Waals surface area (Å²) in [4.78, 5) is 24.5. The first-order valence-electron chi connectivity index (χ1n) is 10.3. The van der Waals surface area contributed by atoms with E-state index in [-0.39, 0.29) is 23.7 Å². The number of amides is 2. The summed E-state index contributed by atoms with van der Waals surface area (Å²) in [7, 11) is 0. The fourth-order valence-electron chi connectivity index (χ4n) is 3.81. The van der Waals surface area contributed by atoms with Crippen molar-refractivity contribution < 1.29 is 9.59 Å². The molecule has 0 aromatic heterocycles. The van der Waals surface area contributed by atoms with Gasteiger partial charge in [-0.05, 0) is 61.8 Å². The molecule has 0 spiro atoms. The Bertz CT molecular complexity index is 571. The van der Waals surface area contributed by atoms with Crippen molar-refractivity contribution in [2.75, 3.05) is 10.6 Å². The summed E-state index contributed by atoms with van der Waals surface area (Å²) in [6.07, 6.45) is 9.20. The van der Waals surface area contributed by atoms with Gasteiger partial charge in [0.25, 0.3) is 0 Å². The molecule has 0 aliphatic heterocycles. The molecule has 0 bridgehead atoms. The largest absolute Gasteiger partial charge is 0.326 e. The third-order valence-electron chi connectivity index (χ3n) is 5.80. The van der Waals surface area contributed by atoms with Crippen molar-refractivity contribution in [1.29, 1.82) is 0 Å². The zero-order valence-electron chi connectivity index (χ0n) is 16.1. The van der Waals surface area contributed by atoms with Crippen LogP contribution in [0.1, 0.15) is 65.2 Å². The first kappa shape index (κ1) is 18.9. The van der Waals surface area contributed by atoms with E-state index in [0.29, 0.717) is 11.8 Å². The molecule has 0 unspecified atom stereocenters. The lowest BCUT2D eigenvalue weighted by Gasteiger charge is -2.08. The van der Waals surface area contributed by atoms with E-state index in [2.05, 4.69) is 24.5 Å². The average molecular weight is 357 g/mol. The molecule has 2 N–H and O–H groups in total. The SMILES string of the molecule is CCCC[C@@H]1C[C@@H]1C(=O)Nc1ccc(NC(=O)[C@@H]2C[C@H]2CCCC)cc1. The topological polar surface area (TPSA) is 58.2 Å². The first-order valence-corrected chi connectivity index (χ1v) is 10.3. The predicted octanol–water partition coefficient (Wildman–Crippen LogP) is 5.22. The molecule has 4 nitrogen and oxygen atoms in total. The van der Waals surface area contributed by atoms with Gasteiger partial charge in [-0.15, -0.1) is 0 Å². The highest BCUT2D eigenvalue weighted by Crippen LogP contribution is 2.44. The molecule has 2 fully saturated rings. The van der Waals surface area contributed by atoms with E-state index < -0.39 is 0 Å². The Morgan fingerprint density at radius 3 is 1.54 bits per heavy atom. The second-order valence-corrected chi connectivity index (χ2v) is 8.04. The fourth-order valence-corrected chi connectivity index (χ4v) is 3.81. The van der Waals surface area contributed by atoms with Gasteiger partial charge >= 0.3 is 0 Å². The summed E-state index contributed by atoms with van der Waals surface area (Å²) in [5.74, 6) is 1.81. The molecule has 26 heavy (non-hydrogen) atoms. The molecule has 1 aromatic rings. The number of carbonyl (C=O) groups is 2. The van der Waals surface area contributed by atoms with Gasteiger partial charge in [-0.2, -0.15) is 0 Å². The molecular formula is C22H32N2O2. The third-order valence-corrected chi connectivity index (χ3v) is 5.80. The summed E-state index contributed by atoms with van der Waals surface area (Å²) in [5.41, 5.74) is 1.61. The van der Waals surface area contributed by atoms with Crippen LogP contribution < -0.4 is 10.6 Å². The lowest BCUT2D eigenvalue weighted by molar-refractivity contribution is -0.118. The fraction of sp³-hybridized carbons (Fsp3) is 0.636. The number of carbonyl (C=O) groups excluding carboxylic acids is 2. The van der Waals surface area contributed by atoms with E-state index in [1.807, 2.05) is 24.3 Å². The normalized spacial score (nSPS) is 26.2. The molecule has 2 aliphatic rings. The zero-order chi connectivity index (χ0) is 18.5. The van der Waals surface area contributed by atoms with Crippen LogP contribution in [-0.2, 0) is 9.59 Å².